The number of aliphatic hydroxyl groups is 2. The van der Waals surface area contributed by atoms with Crippen LogP contribution in [0.15, 0.2) is 59.4 Å². The molecule has 1 unspecified atom stereocenters. The number of aryl methyl sites for hydroxylation is 1. The minimum Gasteiger partial charge on any atom is -0.380 e. The Bertz CT molecular complexity index is 3050. The molecule has 4 aromatic rings. The Morgan fingerprint density at radius 1 is 0.909 bits per heavy atom. The van der Waals surface area contributed by atoms with E-state index in [1.54, 1.807) is 54.8 Å². The van der Waals surface area contributed by atoms with E-state index < -0.39 is 60.1 Å². The molecule has 21 nitrogen and oxygen atoms in total. The van der Waals surface area contributed by atoms with E-state index in [0.717, 1.165) is 32.5 Å². The number of hydrogen-bond donors (Lipinski definition) is 8. The van der Waals surface area contributed by atoms with Gasteiger partial charge in [0.1, 0.15) is 24.2 Å². The molecule has 4 aliphatic rings. The van der Waals surface area contributed by atoms with Crippen molar-refractivity contribution in [1.29, 1.82) is 0 Å². The fourth-order valence-corrected chi connectivity index (χ4v) is 10.3. The Balaban J connectivity index is 0.799. The molecule has 2 aromatic heterocycles. The summed E-state index contributed by atoms with van der Waals surface area (Å²) < 4.78 is 28.4. The quantitative estimate of drug-likeness (QED) is 0.0248. The SMILES string of the molecule is CC[C@]1(O)c2cc3n(c(=O)c2COC1O)Cc1c-3nc2cc(F)c(C)c3c2c1[C@@H](NCC(C)(C)COCNC(=O)CNC(=O)[C@H](Cc1ccccc1)NC(=O)CNC(=O)CNC(=O)CCCCCN1C(=O)C=CC1=O)CC3. The molecule has 0 spiro atoms. The number of nitrogens with one attached hydrogen (secondary N) is 6. The third kappa shape index (κ3) is 12.6. The fraction of sp³-hybridized carbons (Fsp3) is 0.473. The zero-order valence-corrected chi connectivity index (χ0v) is 43.6. The average molecular weight is 1060 g/mol. The maximum absolute atomic E-state index is 15.5. The minimum atomic E-state index is -1.81. The molecule has 1 aliphatic carbocycles. The molecule has 0 fully saturated rings. The molecule has 77 heavy (non-hydrogen) atoms. The van der Waals surface area contributed by atoms with Crippen molar-refractivity contribution in [3.8, 4) is 11.4 Å². The molecule has 0 saturated carbocycles. The normalized spacial score (nSPS) is 18.6. The van der Waals surface area contributed by atoms with E-state index in [2.05, 4.69) is 31.9 Å². The molecule has 0 radical (unpaired) electrons. The van der Waals surface area contributed by atoms with Crippen molar-refractivity contribution in [3.63, 3.8) is 0 Å². The molecule has 5 heterocycles. The van der Waals surface area contributed by atoms with Crippen LogP contribution in [0.5, 0.6) is 0 Å². The smallest absolute Gasteiger partial charge is 0.257 e. The van der Waals surface area contributed by atoms with Gasteiger partial charge in [-0.3, -0.25) is 43.3 Å². The lowest BCUT2D eigenvalue weighted by Gasteiger charge is -2.37. The third-order valence-electron chi connectivity index (χ3n) is 14.7. The summed E-state index contributed by atoms with van der Waals surface area (Å²) in [4.78, 5) is 108. The van der Waals surface area contributed by atoms with Crippen molar-refractivity contribution in [1.82, 2.24) is 46.4 Å². The standard InChI is InChI=1S/C55H66FN9O12/c1-5-55(75)36-21-41-50-34(26-65(41)52(73)35(36)27-77-53(55)74)49-38(16-15-33-31(2)37(56)22-39(63-50)48(33)49)60-28-54(3,4)29-76-30-61-44(68)24-59-51(72)40(20-32-12-8-6-9-13-32)62-45(69)25-58-43(67)23-57-42(66)14-10-7-11-19-64-46(70)17-18-47(64)71/h6,8-9,12-13,17-18,21-22,38,40,53,60,74-75H,5,7,10-11,14-16,19-20,23-30H2,1-4H3,(H,57,66)(H,58,67)(H,59,72)(H,61,68)(H,62,69)/t38-,40-,53?,55-/m0/s1. The molecular weight excluding hydrogens is 998 g/mol. The van der Waals surface area contributed by atoms with Gasteiger partial charge in [-0.2, -0.15) is 0 Å². The van der Waals surface area contributed by atoms with Crippen LogP contribution >= 0.6 is 0 Å². The summed E-state index contributed by atoms with van der Waals surface area (Å²) in [5.41, 5.74) is 3.24. The first-order valence-electron chi connectivity index (χ1n) is 26.0. The molecule has 22 heteroatoms. The van der Waals surface area contributed by atoms with Crippen LogP contribution in [-0.4, -0.2) is 124 Å². The van der Waals surface area contributed by atoms with Crippen molar-refractivity contribution in [2.75, 3.05) is 46.1 Å². The van der Waals surface area contributed by atoms with Crippen molar-refractivity contribution in [2.45, 2.75) is 116 Å². The molecule has 3 aliphatic heterocycles. The molecule has 2 aromatic carbocycles. The number of ether oxygens (including phenoxy) is 2. The molecule has 8 N–H and O–H groups in total. The summed E-state index contributed by atoms with van der Waals surface area (Å²) >= 11 is 0. The Labute approximate surface area is 443 Å². The maximum atomic E-state index is 15.5. The molecule has 0 saturated heterocycles. The van der Waals surface area contributed by atoms with Crippen LogP contribution in [-0.2, 0) is 74.6 Å². The lowest BCUT2D eigenvalue weighted by molar-refractivity contribution is -0.236. The van der Waals surface area contributed by atoms with Gasteiger partial charge in [-0.15, -0.1) is 0 Å². The number of amides is 7. The van der Waals surface area contributed by atoms with E-state index >= 15 is 4.39 Å². The number of pyridine rings is 2. The molecule has 0 bridgehead atoms. The maximum Gasteiger partial charge on any atom is 0.257 e. The second kappa shape index (κ2) is 24.0. The van der Waals surface area contributed by atoms with E-state index in [-0.39, 0.29) is 99.5 Å². The zero-order valence-electron chi connectivity index (χ0n) is 43.6. The number of carbonyl (C=O) groups is 7. The average Bonchev–Trinajstić information content (AvgIpc) is 4.08. The van der Waals surface area contributed by atoms with Crippen LogP contribution in [0, 0.1) is 18.2 Å². The highest BCUT2D eigenvalue weighted by Gasteiger charge is 2.45. The third-order valence-corrected chi connectivity index (χ3v) is 14.7. The number of hydrogen-bond acceptors (Lipinski definition) is 14. The van der Waals surface area contributed by atoms with E-state index in [1.165, 1.54) is 18.2 Å². The number of aromatic nitrogens is 2. The first-order valence-corrected chi connectivity index (χ1v) is 26.0. The Morgan fingerprint density at radius 3 is 2.35 bits per heavy atom. The first kappa shape index (κ1) is 56.0. The highest BCUT2D eigenvalue weighted by atomic mass is 19.1. The van der Waals surface area contributed by atoms with Crippen LogP contribution in [0.3, 0.4) is 0 Å². The van der Waals surface area contributed by atoms with Gasteiger partial charge in [0.15, 0.2) is 6.29 Å². The van der Waals surface area contributed by atoms with Gasteiger partial charge in [-0.25, -0.2) is 9.37 Å². The Hall–Kier alpha value is -7.24. The van der Waals surface area contributed by atoms with Gasteiger partial charge >= 0.3 is 0 Å². The summed E-state index contributed by atoms with van der Waals surface area (Å²) in [7, 11) is 0. The molecule has 4 atom stereocenters. The van der Waals surface area contributed by atoms with E-state index in [4.69, 9.17) is 14.5 Å². The van der Waals surface area contributed by atoms with Crippen molar-refractivity contribution in [3.05, 3.63) is 110 Å². The number of nitrogens with zero attached hydrogens (tertiary/aromatic N) is 3. The number of carbonyl (C=O) groups excluding carboxylic acids is 7. The summed E-state index contributed by atoms with van der Waals surface area (Å²) in [5.74, 6) is -3.98. The first-order chi connectivity index (χ1) is 36.8. The number of halogens is 1. The van der Waals surface area contributed by atoms with E-state index in [9.17, 15) is 48.6 Å². The highest BCUT2D eigenvalue weighted by molar-refractivity contribution is 6.12. The fourth-order valence-electron chi connectivity index (χ4n) is 10.3. The molecule has 8 rings (SSSR count). The van der Waals surface area contributed by atoms with Crippen LogP contribution in [0.2, 0.25) is 0 Å². The molecule has 410 valence electrons. The largest absolute Gasteiger partial charge is 0.380 e. The van der Waals surface area contributed by atoms with Gasteiger partial charge in [-0.1, -0.05) is 57.5 Å². The van der Waals surface area contributed by atoms with Crippen molar-refractivity contribution < 1.29 is 57.6 Å². The second-order valence-electron chi connectivity index (χ2n) is 20.7. The highest BCUT2D eigenvalue weighted by Crippen LogP contribution is 2.46. The van der Waals surface area contributed by atoms with Crippen LogP contribution in [0.1, 0.15) is 104 Å². The number of rotatable bonds is 24. The predicted octanol–water partition coefficient (Wildman–Crippen LogP) is 1.57. The number of fused-ring (bicyclic) bond motifs is 5. The van der Waals surface area contributed by atoms with Crippen molar-refractivity contribution >= 4 is 52.3 Å². The summed E-state index contributed by atoms with van der Waals surface area (Å²) in [6.45, 7) is 6.96. The lowest BCUT2D eigenvalue weighted by Crippen LogP contribution is -2.52. The van der Waals surface area contributed by atoms with E-state index in [1.807, 2.05) is 13.8 Å². The van der Waals surface area contributed by atoms with Gasteiger partial charge in [0.25, 0.3) is 17.4 Å². The molecule has 7 amide bonds. The molecular formula is C55H66FN9O12. The van der Waals surface area contributed by atoms with E-state index in [0.29, 0.717) is 66.7 Å². The topological polar surface area (TPSA) is 289 Å². The monoisotopic (exact) mass is 1060 g/mol. The number of unbranched alkanes of at least 4 members (excludes halogenated alkanes) is 2. The summed E-state index contributed by atoms with van der Waals surface area (Å²) in [6.07, 6.45) is 4.01. The van der Waals surface area contributed by atoms with Gasteiger partial charge < -0.3 is 56.2 Å². The van der Waals surface area contributed by atoms with Crippen LogP contribution < -0.4 is 37.5 Å². The van der Waals surface area contributed by atoms with Crippen LogP contribution in [0.25, 0.3) is 22.3 Å². The number of imide groups is 1. The van der Waals surface area contributed by atoms with Crippen LogP contribution in [0.4, 0.5) is 4.39 Å². The van der Waals surface area contributed by atoms with Gasteiger partial charge in [-0.05, 0) is 67.3 Å². The van der Waals surface area contributed by atoms with Gasteiger partial charge in [0.05, 0.1) is 56.3 Å². The van der Waals surface area contributed by atoms with Gasteiger partial charge in [0.2, 0.25) is 29.5 Å². The minimum absolute atomic E-state index is 0.0824. The Morgan fingerprint density at radius 2 is 1.61 bits per heavy atom. The predicted molar refractivity (Wildman–Crippen MR) is 277 cm³/mol. The number of aliphatic hydroxyl groups excluding tert-OH is 1. The second-order valence-corrected chi connectivity index (χ2v) is 20.7. The number of benzene rings is 2. The van der Waals surface area contributed by atoms with Gasteiger partial charge in [0, 0.05) is 77.7 Å². The van der Waals surface area contributed by atoms with Crippen molar-refractivity contribution in [2.24, 2.45) is 5.41 Å². The lowest BCUT2D eigenvalue weighted by atomic mass is 9.81. The zero-order chi connectivity index (χ0) is 55.2. The summed E-state index contributed by atoms with van der Waals surface area (Å²) in [6, 6.07) is 10.7. The summed E-state index contributed by atoms with van der Waals surface area (Å²) in [5, 5.41) is 39.5. The Kier molecular flexibility index (Phi) is 17.4.